The van der Waals surface area contributed by atoms with Gasteiger partial charge in [0.2, 0.25) is 0 Å². The van der Waals surface area contributed by atoms with Crippen LogP contribution in [0.5, 0.6) is 0 Å². The molecule has 2 aromatic rings. The van der Waals surface area contributed by atoms with Crippen molar-refractivity contribution in [1.82, 2.24) is 9.88 Å². The van der Waals surface area contributed by atoms with Crippen LogP contribution in [-0.2, 0) is 4.74 Å². The quantitative estimate of drug-likeness (QED) is 0.671. The van der Waals surface area contributed by atoms with E-state index in [1.807, 2.05) is 0 Å². The second-order valence-corrected chi connectivity index (χ2v) is 6.78. The van der Waals surface area contributed by atoms with Gasteiger partial charge in [-0.25, -0.2) is 4.98 Å². The smallest absolute Gasteiger partial charge is 0.257 e. The van der Waals surface area contributed by atoms with Gasteiger partial charge in [-0.1, -0.05) is 17.7 Å². The summed E-state index contributed by atoms with van der Waals surface area (Å²) in [5, 5.41) is 16.6. The summed E-state index contributed by atoms with van der Waals surface area (Å²) in [6.45, 7) is 4.08. The number of hydrogen-bond acceptors (Lipinski definition) is 6. The lowest BCUT2D eigenvalue weighted by atomic mass is 10.2. The van der Waals surface area contributed by atoms with E-state index < -0.39 is 6.10 Å². The minimum absolute atomic E-state index is 0.260. The van der Waals surface area contributed by atoms with Crippen molar-refractivity contribution in [3.63, 3.8) is 0 Å². The van der Waals surface area contributed by atoms with Crippen LogP contribution < -0.4 is 10.6 Å². The molecule has 1 fully saturated rings. The number of aliphatic hydroxyl groups excluding tert-OH is 1. The highest BCUT2D eigenvalue weighted by molar-refractivity contribution is 6.30. The van der Waals surface area contributed by atoms with Crippen LogP contribution in [0.3, 0.4) is 0 Å². The third-order valence-electron chi connectivity index (χ3n) is 4.20. The predicted molar refractivity (Wildman–Crippen MR) is 105 cm³/mol. The first-order chi connectivity index (χ1) is 13.1. The van der Waals surface area contributed by atoms with Crippen molar-refractivity contribution in [3.05, 3.63) is 53.2 Å². The number of rotatable bonds is 7. The molecule has 1 aliphatic rings. The number of aliphatic hydroxyl groups is 1. The van der Waals surface area contributed by atoms with Crippen LogP contribution in [0.2, 0.25) is 5.02 Å². The Labute approximate surface area is 163 Å². The van der Waals surface area contributed by atoms with Gasteiger partial charge in [0.15, 0.2) is 0 Å². The highest BCUT2D eigenvalue weighted by Crippen LogP contribution is 2.16. The van der Waals surface area contributed by atoms with Crippen LogP contribution in [0.4, 0.5) is 11.5 Å². The van der Waals surface area contributed by atoms with Crippen LogP contribution in [-0.4, -0.2) is 66.4 Å². The third-order valence-corrected chi connectivity index (χ3v) is 4.43. The molecule has 27 heavy (non-hydrogen) atoms. The maximum absolute atomic E-state index is 12.3. The molecule has 0 saturated carbocycles. The first kappa shape index (κ1) is 19.6. The Morgan fingerprint density at radius 3 is 2.81 bits per heavy atom. The molecular weight excluding hydrogens is 368 g/mol. The number of hydrogen-bond donors (Lipinski definition) is 3. The molecule has 8 heteroatoms. The zero-order valence-corrected chi connectivity index (χ0v) is 15.7. The number of nitrogens with zero attached hydrogens (tertiary/aromatic N) is 2. The summed E-state index contributed by atoms with van der Waals surface area (Å²) >= 11 is 5.92. The molecule has 1 aromatic carbocycles. The zero-order chi connectivity index (χ0) is 19.1. The van der Waals surface area contributed by atoms with E-state index in [-0.39, 0.29) is 5.91 Å². The average Bonchev–Trinajstić information content (AvgIpc) is 2.67. The van der Waals surface area contributed by atoms with Gasteiger partial charge in [0.1, 0.15) is 5.82 Å². The number of nitrogens with one attached hydrogen (secondary N) is 2. The summed E-state index contributed by atoms with van der Waals surface area (Å²) in [7, 11) is 0. The van der Waals surface area contributed by atoms with E-state index in [9.17, 15) is 9.90 Å². The van der Waals surface area contributed by atoms with Crippen LogP contribution in [0.15, 0.2) is 42.6 Å². The molecule has 1 atom stereocenters. The molecule has 2 heterocycles. The molecule has 0 bridgehead atoms. The van der Waals surface area contributed by atoms with Crippen molar-refractivity contribution in [2.75, 3.05) is 50.0 Å². The van der Waals surface area contributed by atoms with Crippen molar-refractivity contribution < 1.29 is 14.6 Å². The van der Waals surface area contributed by atoms with Gasteiger partial charge in [-0.15, -0.1) is 0 Å². The number of amides is 1. The van der Waals surface area contributed by atoms with E-state index in [2.05, 4.69) is 20.5 Å². The van der Waals surface area contributed by atoms with Crippen molar-refractivity contribution in [2.45, 2.75) is 6.10 Å². The molecule has 1 aliphatic heterocycles. The van der Waals surface area contributed by atoms with Gasteiger partial charge >= 0.3 is 0 Å². The SMILES string of the molecule is O=C(Nc1cccc(Cl)c1)c1ccc(NCC(O)CN2CCOCC2)nc1. The summed E-state index contributed by atoms with van der Waals surface area (Å²) < 4.78 is 5.30. The number of benzene rings is 1. The predicted octanol–water partition coefficient (Wildman–Crippen LogP) is 2.09. The highest BCUT2D eigenvalue weighted by Gasteiger charge is 2.15. The van der Waals surface area contributed by atoms with Crippen molar-refractivity contribution >= 4 is 29.0 Å². The summed E-state index contributed by atoms with van der Waals surface area (Å²) in [6, 6.07) is 10.4. The van der Waals surface area contributed by atoms with E-state index >= 15 is 0 Å². The van der Waals surface area contributed by atoms with Crippen LogP contribution in [0.1, 0.15) is 10.4 Å². The molecule has 0 aliphatic carbocycles. The number of anilines is 2. The Morgan fingerprint density at radius 1 is 1.30 bits per heavy atom. The second-order valence-electron chi connectivity index (χ2n) is 6.34. The number of carbonyl (C=O) groups is 1. The largest absolute Gasteiger partial charge is 0.390 e. The molecule has 1 aromatic heterocycles. The Morgan fingerprint density at radius 2 is 2.11 bits per heavy atom. The Kier molecular flexibility index (Phi) is 7.00. The van der Waals surface area contributed by atoms with E-state index in [4.69, 9.17) is 16.3 Å². The van der Waals surface area contributed by atoms with Gasteiger partial charge in [0.25, 0.3) is 5.91 Å². The van der Waals surface area contributed by atoms with Gasteiger partial charge < -0.3 is 20.5 Å². The molecule has 144 valence electrons. The maximum Gasteiger partial charge on any atom is 0.257 e. The van der Waals surface area contributed by atoms with E-state index in [1.54, 1.807) is 36.4 Å². The average molecular weight is 391 g/mol. The molecule has 1 unspecified atom stereocenters. The lowest BCUT2D eigenvalue weighted by molar-refractivity contribution is 0.0171. The lowest BCUT2D eigenvalue weighted by Crippen LogP contribution is -2.42. The van der Waals surface area contributed by atoms with Crippen molar-refractivity contribution in [3.8, 4) is 0 Å². The number of morpholine rings is 1. The van der Waals surface area contributed by atoms with Gasteiger partial charge in [-0.2, -0.15) is 0 Å². The van der Waals surface area contributed by atoms with Gasteiger partial charge in [0, 0.05) is 43.1 Å². The summed E-state index contributed by atoms with van der Waals surface area (Å²) in [5.41, 5.74) is 1.07. The normalized spacial score (nSPS) is 15.9. The molecule has 3 rings (SSSR count). The summed E-state index contributed by atoms with van der Waals surface area (Å²) in [4.78, 5) is 18.7. The Balaban J connectivity index is 1.47. The molecular formula is C19H23ClN4O3. The van der Waals surface area contributed by atoms with Gasteiger partial charge in [-0.3, -0.25) is 9.69 Å². The minimum Gasteiger partial charge on any atom is -0.390 e. The topological polar surface area (TPSA) is 86.7 Å². The van der Waals surface area contributed by atoms with Gasteiger partial charge in [-0.05, 0) is 30.3 Å². The van der Waals surface area contributed by atoms with Gasteiger partial charge in [0.05, 0.1) is 24.9 Å². The third kappa shape index (κ3) is 6.18. The maximum atomic E-state index is 12.3. The Bertz CT molecular complexity index is 751. The standard InChI is InChI=1S/C19H23ClN4O3/c20-15-2-1-3-16(10-15)23-19(26)14-4-5-18(21-11-14)22-12-17(25)13-24-6-8-27-9-7-24/h1-5,10-11,17,25H,6-9,12-13H2,(H,21,22)(H,23,26). The Hall–Kier alpha value is -2.19. The lowest BCUT2D eigenvalue weighted by Gasteiger charge is -2.28. The second kappa shape index (κ2) is 9.66. The molecule has 0 spiro atoms. The molecule has 1 amide bonds. The monoisotopic (exact) mass is 390 g/mol. The molecule has 3 N–H and O–H groups in total. The van der Waals surface area contributed by atoms with E-state index in [0.29, 0.717) is 48.4 Å². The number of aromatic nitrogens is 1. The van der Waals surface area contributed by atoms with E-state index in [0.717, 1.165) is 13.1 Å². The summed E-state index contributed by atoms with van der Waals surface area (Å²) in [5.74, 6) is 0.346. The first-order valence-corrected chi connectivity index (χ1v) is 9.23. The molecule has 0 radical (unpaired) electrons. The first-order valence-electron chi connectivity index (χ1n) is 8.85. The number of ether oxygens (including phenoxy) is 1. The number of pyridine rings is 1. The van der Waals surface area contributed by atoms with Crippen LogP contribution >= 0.6 is 11.6 Å². The molecule has 1 saturated heterocycles. The fourth-order valence-corrected chi connectivity index (χ4v) is 2.96. The minimum atomic E-state index is -0.504. The highest BCUT2D eigenvalue weighted by atomic mass is 35.5. The van der Waals surface area contributed by atoms with E-state index in [1.165, 1.54) is 6.20 Å². The van der Waals surface area contributed by atoms with Crippen LogP contribution in [0.25, 0.3) is 0 Å². The number of carbonyl (C=O) groups excluding carboxylic acids is 1. The zero-order valence-electron chi connectivity index (χ0n) is 14.9. The van der Waals surface area contributed by atoms with Crippen LogP contribution in [0, 0.1) is 0 Å². The fraction of sp³-hybridized carbons (Fsp3) is 0.368. The van der Waals surface area contributed by atoms with Crippen molar-refractivity contribution in [1.29, 1.82) is 0 Å². The fourth-order valence-electron chi connectivity index (χ4n) is 2.77. The number of β-amino-alcohol motifs (C(OH)–C–C–N with tert-alkyl or cyclic N) is 1. The van der Waals surface area contributed by atoms with Crippen molar-refractivity contribution in [2.24, 2.45) is 0 Å². The molecule has 7 nitrogen and oxygen atoms in total. The number of halogens is 1. The summed E-state index contributed by atoms with van der Waals surface area (Å²) in [6.07, 6.45) is 0.993.